The number of ether oxygens (including phenoxy) is 1. The molecule has 4 heteroatoms. The molecule has 3 nitrogen and oxygen atoms in total. The minimum atomic E-state index is -0.954. The SMILES string of the molecule is C#CCOc1ccccc1CN1[C@@H]2CC[C@@H]1CC(O)(c1cccc(F)c1)C2. The summed E-state index contributed by atoms with van der Waals surface area (Å²) in [6.45, 7) is 1.03. The molecular formula is C23H24FNO2. The second-order valence-electron chi connectivity index (χ2n) is 7.61. The van der Waals surface area contributed by atoms with Gasteiger partial charge in [0.25, 0.3) is 0 Å². The Balaban J connectivity index is 1.53. The number of terminal acetylenes is 1. The van der Waals surface area contributed by atoms with Crippen LogP contribution in [0.5, 0.6) is 5.75 Å². The fourth-order valence-electron chi connectivity index (χ4n) is 4.68. The predicted octanol–water partition coefficient (Wildman–Crippen LogP) is 3.85. The van der Waals surface area contributed by atoms with E-state index in [0.29, 0.717) is 18.4 Å². The highest BCUT2D eigenvalue weighted by atomic mass is 19.1. The molecule has 2 aliphatic heterocycles. The number of para-hydroxylation sites is 1. The summed E-state index contributed by atoms with van der Waals surface area (Å²) in [6, 6.07) is 14.9. The van der Waals surface area contributed by atoms with Crippen molar-refractivity contribution in [1.82, 2.24) is 4.90 Å². The van der Waals surface area contributed by atoms with Crippen LogP contribution >= 0.6 is 0 Å². The number of nitrogens with zero attached hydrogens (tertiary/aromatic N) is 1. The topological polar surface area (TPSA) is 32.7 Å². The second kappa shape index (κ2) is 7.34. The van der Waals surface area contributed by atoms with Gasteiger partial charge in [0.15, 0.2) is 0 Å². The molecule has 2 saturated heterocycles. The van der Waals surface area contributed by atoms with Gasteiger partial charge in [-0.05, 0) is 49.4 Å². The van der Waals surface area contributed by atoms with Crippen LogP contribution in [0.4, 0.5) is 4.39 Å². The Bertz CT molecular complexity index is 845. The highest BCUT2D eigenvalue weighted by molar-refractivity contribution is 5.34. The zero-order valence-electron chi connectivity index (χ0n) is 15.3. The van der Waals surface area contributed by atoms with Crippen molar-refractivity contribution in [1.29, 1.82) is 0 Å². The van der Waals surface area contributed by atoms with Crippen molar-refractivity contribution in [2.24, 2.45) is 0 Å². The number of piperidine rings is 1. The highest BCUT2D eigenvalue weighted by Crippen LogP contribution is 2.46. The van der Waals surface area contributed by atoms with Crippen molar-refractivity contribution in [2.75, 3.05) is 6.61 Å². The third kappa shape index (κ3) is 3.58. The van der Waals surface area contributed by atoms with Crippen LogP contribution in [0.3, 0.4) is 0 Å². The lowest BCUT2D eigenvalue weighted by molar-refractivity contribution is -0.0598. The molecule has 27 heavy (non-hydrogen) atoms. The molecule has 1 N–H and O–H groups in total. The Hall–Kier alpha value is -2.35. The Morgan fingerprint density at radius 2 is 1.89 bits per heavy atom. The third-order valence-electron chi connectivity index (χ3n) is 5.92. The zero-order chi connectivity index (χ0) is 18.9. The highest BCUT2D eigenvalue weighted by Gasteiger charge is 2.48. The van der Waals surface area contributed by atoms with Crippen molar-refractivity contribution >= 4 is 0 Å². The van der Waals surface area contributed by atoms with E-state index in [1.54, 1.807) is 6.07 Å². The van der Waals surface area contributed by atoms with Crippen molar-refractivity contribution < 1.29 is 14.2 Å². The summed E-state index contributed by atoms with van der Waals surface area (Å²) in [6.07, 6.45) is 8.67. The Morgan fingerprint density at radius 3 is 2.59 bits per heavy atom. The van der Waals surface area contributed by atoms with Crippen LogP contribution in [0.25, 0.3) is 0 Å². The number of hydrogen-bond donors (Lipinski definition) is 1. The molecular weight excluding hydrogens is 341 g/mol. The van der Waals surface area contributed by atoms with Gasteiger partial charge >= 0.3 is 0 Å². The van der Waals surface area contributed by atoms with Gasteiger partial charge in [-0.1, -0.05) is 36.3 Å². The van der Waals surface area contributed by atoms with E-state index in [0.717, 1.165) is 30.7 Å². The molecule has 2 bridgehead atoms. The normalized spacial score (nSPS) is 27.3. The first kappa shape index (κ1) is 18.0. The molecule has 0 aliphatic carbocycles. The van der Waals surface area contributed by atoms with E-state index in [4.69, 9.17) is 11.2 Å². The predicted molar refractivity (Wildman–Crippen MR) is 103 cm³/mol. The molecule has 0 spiro atoms. The number of aliphatic hydroxyl groups is 1. The lowest BCUT2D eigenvalue weighted by Crippen LogP contribution is -2.49. The number of halogens is 1. The summed E-state index contributed by atoms with van der Waals surface area (Å²) in [7, 11) is 0. The maximum Gasteiger partial charge on any atom is 0.148 e. The maximum absolute atomic E-state index is 13.7. The lowest BCUT2D eigenvalue weighted by Gasteiger charge is -2.44. The molecule has 0 amide bonds. The molecule has 0 aromatic heterocycles. The van der Waals surface area contributed by atoms with Crippen LogP contribution < -0.4 is 4.74 Å². The summed E-state index contributed by atoms with van der Waals surface area (Å²) in [5, 5.41) is 11.3. The van der Waals surface area contributed by atoms with Crippen molar-refractivity contribution in [3.05, 3.63) is 65.5 Å². The van der Waals surface area contributed by atoms with Gasteiger partial charge in [-0.3, -0.25) is 4.90 Å². The summed E-state index contributed by atoms with van der Waals surface area (Å²) in [4.78, 5) is 2.46. The number of fused-ring (bicyclic) bond motifs is 2. The summed E-state index contributed by atoms with van der Waals surface area (Å²) in [5.74, 6) is 3.04. The first-order valence-electron chi connectivity index (χ1n) is 9.47. The molecule has 140 valence electrons. The minimum Gasteiger partial charge on any atom is -0.481 e. The van der Waals surface area contributed by atoms with Crippen molar-refractivity contribution in [3.8, 4) is 18.1 Å². The molecule has 2 atom stereocenters. The van der Waals surface area contributed by atoms with E-state index < -0.39 is 5.60 Å². The van der Waals surface area contributed by atoms with E-state index in [1.165, 1.54) is 12.1 Å². The summed E-state index contributed by atoms with van der Waals surface area (Å²) < 4.78 is 19.4. The maximum atomic E-state index is 13.7. The molecule has 2 heterocycles. The molecule has 0 saturated carbocycles. The first-order valence-corrected chi connectivity index (χ1v) is 9.47. The van der Waals surface area contributed by atoms with Crippen LogP contribution in [-0.2, 0) is 12.1 Å². The summed E-state index contributed by atoms with van der Waals surface area (Å²) in [5.41, 5.74) is 0.849. The average Bonchev–Trinajstić information content (AvgIpc) is 2.91. The van der Waals surface area contributed by atoms with Crippen molar-refractivity contribution in [2.45, 2.75) is 49.9 Å². The molecule has 2 aliphatic rings. The fourth-order valence-corrected chi connectivity index (χ4v) is 4.68. The largest absolute Gasteiger partial charge is 0.481 e. The van der Waals surface area contributed by atoms with Crippen molar-refractivity contribution in [3.63, 3.8) is 0 Å². The van der Waals surface area contributed by atoms with E-state index in [-0.39, 0.29) is 24.5 Å². The van der Waals surface area contributed by atoms with Gasteiger partial charge < -0.3 is 9.84 Å². The van der Waals surface area contributed by atoms with Gasteiger partial charge in [0.1, 0.15) is 18.2 Å². The van der Waals surface area contributed by atoms with Crippen LogP contribution in [0.15, 0.2) is 48.5 Å². The van der Waals surface area contributed by atoms with Gasteiger partial charge in [-0.2, -0.15) is 0 Å². The minimum absolute atomic E-state index is 0.253. The second-order valence-corrected chi connectivity index (χ2v) is 7.61. The standard InChI is InChI=1S/C23H24FNO2/c1-2-12-27-22-9-4-3-6-17(22)16-25-20-10-11-21(25)15-23(26,14-20)18-7-5-8-19(24)13-18/h1,3-9,13,20-21,26H,10-12,14-16H2/t20-,21-/m1/s1. The average molecular weight is 365 g/mol. The molecule has 2 aromatic rings. The zero-order valence-corrected chi connectivity index (χ0v) is 15.3. The quantitative estimate of drug-likeness (QED) is 0.817. The molecule has 0 unspecified atom stereocenters. The lowest BCUT2D eigenvalue weighted by atomic mass is 9.80. The number of hydrogen-bond acceptors (Lipinski definition) is 3. The van der Waals surface area contributed by atoms with E-state index in [2.05, 4.69) is 16.9 Å². The van der Waals surface area contributed by atoms with Crippen LogP contribution in [0.2, 0.25) is 0 Å². The van der Waals surface area contributed by atoms with Crippen LogP contribution in [-0.4, -0.2) is 28.7 Å². The van der Waals surface area contributed by atoms with Gasteiger partial charge in [-0.15, -0.1) is 6.42 Å². The Labute approximate surface area is 159 Å². The Kier molecular flexibility index (Phi) is 4.90. The van der Waals surface area contributed by atoms with Gasteiger partial charge in [0, 0.05) is 24.2 Å². The molecule has 2 fully saturated rings. The molecule has 4 rings (SSSR count). The first-order chi connectivity index (χ1) is 13.1. The third-order valence-corrected chi connectivity index (χ3v) is 5.92. The fraction of sp³-hybridized carbons (Fsp3) is 0.391. The van der Waals surface area contributed by atoms with E-state index >= 15 is 0 Å². The van der Waals surface area contributed by atoms with Crippen LogP contribution in [0, 0.1) is 18.2 Å². The Morgan fingerprint density at radius 1 is 1.15 bits per heavy atom. The van der Waals surface area contributed by atoms with Gasteiger partial charge in [0.2, 0.25) is 0 Å². The van der Waals surface area contributed by atoms with E-state index in [9.17, 15) is 9.50 Å². The number of benzene rings is 2. The van der Waals surface area contributed by atoms with Gasteiger partial charge in [-0.25, -0.2) is 4.39 Å². The monoisotopic (exact) mass is 365 g/mol. The van der Waals surface area contributed by atoms with Crippen LogP contribution in [0.1, 0.15) is 36.8 Å². The van der Waals surface area contributed by atoms with Gasteiger partial charge in [0.05, 0.1) is 5.60 Å². The van der Waals surface area contributed by atoms with E-state index in [1.807, 2.05) is 24.3 Å². The molecule has 0 radical (unpaired) electrons. The number of rotatable bonds is 5. The summed E-state index contributed by atoms with van der Waals surface area (Å²) >= 11 is 0. The smallest absolute Gasteiger partial charge is 0.148 e. The molecule has 2 aromatic carbocycles.